The van der Waals surface area contributed by atoms with Crippen LogP contribution in [0.15, 0.2) is 47.1 Å². The van der Waals surface area contributed by atoms with E-state index in [1.165, 1.54) is 12.1 Å². The highest BCUT2D eigenvalue weighted by Gasteiger charge is 2.10. The molecule has 3 rings (SSSR count). The van der Waals surface area contributed by atoms with Crippen LogP contribution in [0.3, 0.4) is 0 Å². The van der Waals surface area contributed by atoms with Crippen LogP contribution in [0, 0.1) is 0 Å². The second-order valence-corrected chi connectivity index (χ2v) is 4.89. The quantitative estimate of drug-likeness (QED) is 0.789. The molecule has 1 aromatic carbocycles. The van der Waals surface area contributed by atoms with Gasteiger partial charge in [0.05, 0.1) is 5.56 Å². The molecule has 0 unspecified atom stereocenters. The molecule has 6 heteroatoms. The first-order valence-electron chi connectivity index (χ1n) is 5.49. The zero-order valence-electron chi connectivity index (χ0n) is 9.62. The summed E-state index contributed by atoms with van der Waals surface area (Å²) in [5.74, 6) is -0.296. The predicted octanol–water partition coefficient (Wildman–Crippen LogP) is 2.86. The van der Waals surface area contributed by atoms with Crippen LogP contribution in [0.5, 0.6) is 0 Å². The van der Waals surface area contributed by atoms with E-state index < -0.39 is 5.97 Å². The van der Waals surface area contributed by atoms with E-state index in [1.807, 2.05) is 24.3 Å². The van der Waals surface area contributed by atoms with Crippen molar-refractivity contribution in [1.29, 1.82) is 0 Å². The van der Waals surface area contributed by atoms with Crippen LogP contribution in [0.25, 0.3) is 17.0 Å². The first-order chi connectivity index (χ1) is 9.15. The molecule has 1 N–H and O–H groups in total. The van der Waals surface area contributed by atoms with Crippen LogP contribution in [-0.2, 0) is 0 Å². The van der Waals surface area contributed by atoms with E-state index in [4.69, 9.17) is 5.11 Å². The largest absolute Gasteiger partial charge is 0.478 e. The summed E-state index contributed by atoms with van der Waals surface area (Å²) in [6.07, 6.45) is 1.66. The van der Waals surface area contributed by atoms with Gasteiger partial charge in [-0.1, -0.05) is 28.1 Å². The second-order valence-electron chi connectivity index (χ2n) is 3.98. The molecule has 0 fully saturated rings. The summed E-state index contributed by atoms with van der Waals surface area (Å²) in [6.45, 7) is 0. The lowest BCUT2D eigenvalue weighted by Crippen LogP contribution is -1.98. The van der Waals surface area contributed by atoms with Crippen molar-refractivity contribution in [2.45, 2.75) is 0 Å². The molecule has 0 bridgehead atoms. The topological polar surface area (TPSA) is 67.5 Å². The smallest absolute Gasteiger partial charge is 0.335 e. The molecule has 0 amide bonds. The van der Waals surface area contributed by atoms with Gasteiger partial charge in [0.25, 0.3) is 0 Å². The maximum atomic E-state index is 10.9. The maximum Gasteiger partial charge on any atom is 0.335 e. The van der Waals surface area contributed by atoms with Gasteiger partial charge >= 0.3 is 5.97 Å². The summed E-state index contributed by atoms with van der Waals surface area (Å²) in [5.41, 5.74) is 1.62. The Hall–Kier alpha value is -2.21. The van der Waals surface area contributed by atoms with E-state index in [9.17, 15) is 4.79 Å². The molecule has 5 nitrogen and oxygen atoms in total. The number of rotatable bonds is 2. The zero-order valence-corrected chi connectivity index (χ0v) is 11.2. The molecule has 0 spiro atoms. The van der Waals surface area contributed by atoms with Gasteiger partial charge in [0.1, 0.15) is 0 Å². The van der Waals surface area contributed by atoms with Gasteiger partial charge in [0.15, 0.2) is 11.5 Å². The van der Waals surface area contributed by atoms with Gasteiger partial charge in [-0.15, -0.1) is 10.2 Å². The number of benzene rings is 1. The Bertz CT molecular complexity index is 765. The first-order valence-corrected chi connectivity index (χ1v) is 6.28. The number of hydrogen-bond donors (Lipinski definition) is 1. The summed E-state index contributed by atoms with van der Waals surface area (Å²) in [6, 6.07) is 10.7. The van der Waals surface area contributed by atoms with Gasteiger partial charge in [-0.05, 0) is 24.3 Å². The van der Waals surface area contributed by atoms with E-state index in [0.29, 0.717) is 11.5 Å². The summed E-state index contributed by atoms with van der Waals surface area (Å²) < 4.78 is 2.74. The lowest BCUT2D eigenvalue weighted by molar-refractivity contribution is 0.0697. The average Bonchev–Trinajstić information content (AvgIpc) is 2.82. The Morgan fingerprint density at radius 1 is 1.16 bits per heavy atom. The number of halogens is 1. The molecular weight excluding hydrogens is 310 g/mol. The molecule has 0 aliphatic heterocycles. The Morgan fingerprint density at radius 2 is 1.89 bits per heavy atom. The third-order valence-corrected chi connectivity index (χ3v) is 3.29. The van der Waals surface area contributed by atoms with E-state index in [2.05, 4.69) is 26.1 Å². The maximum absolute atomic E-state index is 10.9. The number of pyridine rings is 1. The summed E-state index contributed by atoms with van der Waals surface area (Å²) in [7, 11) is 0. The minimum Gasteiger partial charge on any atom is -0.478 e. The van der Waals surface area contributed by atoms with Crippen LogP contribution in [0.4, 0.5) is 0 Å². The number of fused-ring (bicyclic) bond motifs is 1. The van der Waals surface area contributed by atoms with Crippen molar-refractivity contribution in [3.8, 4) is 11.4 Å². The standard InChI is InChI=1S/C13H8BrN3O2/c14-10-3-1-8(2-4-10)12-16-15-11-7-9(13(18)19)5-6-17(11)12/h1-7H,(H,18,19). The SMILES string of the molecule is O=C(O)c1ccn2c(-c3ccc(Br)cc3)nnc2c1. The molecule has 0 aliphatic carbocycles. The number of nitrogens with zero attached hydrogens (tertiary/aromatic N) is 3. The first kappa shape index (κ1) is 11.9. The molecule has 3 aromatic rings. The number of aromatic nitrogens is 3. The predicted molar refractivity (Wildman–Crippen MR) is 73.1 cm³/mol. The van der Waals surface area contributed by atoms with Crippen molar-refractivity contribution in [3.63, 3.8) is 0 Å². The Balaban J connectivity index is 2.15. The van der Waals surface area contributed by atoms with Crippen molar-refractivity contribution < 1.29 is 9.90 Å². The molecule has 0 saturated heterocycles. The van der Waals surface area contributed by atoms with Gasteiger partial charge in [-0.3, -0.25) is 4.40 Å². The second kappa shape index (κ2) is 4.47. The number of hydrogen-bond acceptors (Lipinski definition) is 3. The van der Waals surface area contributed by atoms with Gasteiger partial charge in [-0.25, -0.2) is 4.79 Å². The summed E-state index contributed by atoms with van der Waals surface area (Å²) >= 11 is 3.38. The van der Waals surface area contributed by atoms with Crippen molar-refractivity contribution in [3.05, 3.63) is 52.6 Å². The lowest BCUT2D eigenvalue weighted by atomic mass is 10.2. The normalized spacial score (nSPS) is 10.8. The molecule has 2 aromatic heterocycles. The summed E-state index contributed by atoms with van der Waals surface area (Å²) in [5, 5.41) is 17.0. The number of carboxylic acid groups (broad SMARTS) is 1. The van der Waals surface area contributed by atoms with Gasteiger partial charge in [0, 0.05) is 16.2 Å². The molecule has 0 radical (unpaired) electrons. The van der Waals surface area contributed by atoms with E-state index in [1.54, 1.807) is 10.6 Å². The van der Waals surface area contributed by atoms with Gasteiger partial charge < -0.3 is 5.11 Å². The van der Waals surface area contributed by atoms with Crippen molar-refractivity contribution >= 4 is 27.5 Å². The molecule has 2 heterocycles. The minimum atomic E-state index is -0.976. The highest BCUT2D eigenvalue weighted by Crippen LogP contribution is 2.21. The number of carbonyl (C=O) groups is 1. The van der Waals surface area contributed by atoms with Gasteiger partial charge in [-0.2, -0.15) is 0 Å². The third-order valence-electron chi connectivity index (χ3n) is 2.76. The lowest BCUT2D eigenvalue weighted by Gasteiger charge is -2.01. The molecule has 0 aliphatic rings. The average molecular weight is 318 g/mol. The highest BCUT2D eigenvalue weighted by molar-refractivity contribution is 9.10. The highest BCUT2D eigenvalue weighted by atomic mass is 79.9. The number of carboxylic acids is 1. The van der Waals surface area contributed by atoms with Crippen LogP contribution in [0.2, 0.25) is 0 Å². The third kappa shape index (κ3) is 2.10. The zero-order chi connectivity index (χ0) is 13.4. The molecular formula is C13H8BrN3O2. The fourth-order valence-electron chi connectivity index (χ4n) is 1.82. The minimum absolute atomic E-state index is 0.197. The van der Waals surface area contributed by atoms with Crippen molar-refractivity contribution in [1.82, 2.24) is 14.6 Å². The molecule has 0 saturated carbocycles. The fourth-order valence-corrected chi connectivity index (χ4v) is 2.08. The van der Waals surface area contributed by atoms with Crippen LogP contribution >= 0.6 is 15.9 Å². The Morgan fingerprint density at radius 3 is 2.58 bits per heavy atom. The van der Waals surface area contributed by atoms with Gasteiger partial charge in [0.2, 0.25) is 0 Å². The monoisotopic (exact) mass is 317 g/mol. The van der Waals surface area contributed by atoms with E-state index in [0.717, 1.165) is 10.0 Å². The van der Waals surface area contributed by atoms with E-state index >= 15 is 0 Å². The Labute approximate surface area is 116 Å². The molecule has 0 atom stereocenters. The van der Waals surface area contributed by atoms with Crippen LogP contribution in [-0.4, -0.2) is 25.7 Å². The van der Waals surface area contributed by atoms with E-state index in [-0.39, 0.29) is 5.56 Å². The number of aromatic carboxylic acids is 1. The Kier molecular flexibility index (Phi) is 2.79. The fraction of sp³-hybridized carbons (Fsp3) is 0. The summed E-state index contributed by atoms with van der Waals surface area (Å²) in [4.78, 5) is 10.9. The van der Waals surface area contributed by atoms with Crippen molar-refractivity contribution in [2.75, 3.05) is 0 Å². The van der Waals surface area contributed by atoms with Crippen molar-refractivity contribution in [2.24, 2.45) is 0 Å². The molecule has 94 valence electrons. The molecule has 19 heavy (non-hydrogen) atoms. The van der Waals surface area contributed by atoms with Crippen LogP contribution < -0.4 is 0 Å². The van der Waals surface area contributed by atoms with Crippen LogP contribution in [0.1, 0.15) is 10.4 Å².